The van der Waals surface area contributed by atoms with E-state index in [1.165, 1.54) is 0 Å². The molecule has 0 aliphatic rings. The van der Waals surface area contributed by atoms with Gasteiger partial charge in [-0.05, 0) is 37.1 Å². The van der Waals surface area contributed by atoms with E-state index in [0.717, 1.165) is 25.7 Å². The van der Waals surface area contributed by atoms with E-state index in [-0.39, 0.29) is 0 Å². The number of aromatic nitrogens is 2. The second-order valence-corrected chi connectivity index (χ2v) is 8.12. The summed E-state index contributed by atoms with van der Waals surface area (Å²) in [6.45, 7) is 4.82. The van der Waals surface area contributed by atoms with E-state index in [1.54, 1.807) is 12.1 Å². The Morgan fingerprint density at radius 3 is 1.50 bits per heavy atom. The molecule has 6 nitrogen and oxygen atoms in total. The number of rotatable bonds is 9. The molecular formula is C28H28N2O4. The highest BCUT2D eigenvalue weighted by Crippen LogP contribution is 2.28. The van der Waals surface area contributed by atoms with Crippen LogP contribution in [0.1, 0.15) is 60.2 Å². The molecule has 0 aliphatic heterocycles. The number of hydrogen-bond donors (Lipinski definition) is 0. The lowest BCUT2D eigenvalue weighted by molar-refractivity contribution is 0.0492. The van der Waals surface area contributed by atoms with Gasteiger partial charge in [0.1, 0.15) is 0 Å². The van der Waals surface area contributed by atoms with Crippen LogP contribution in [0.4, 0.5) is 0 Å². The number of ether oxygens (including phenoxy) is 2. The Balaban J connectivity index is 1.82. The summed E-state index contributed by atoms with van der Waals surface area (Å²) in [6, 6.07) is 18.3. The zero-order chi connectivity index (χ0) is 23.9. The van der Waals surface area contributed by atoms with Crippen molar-refractivity contribution in [2.24, 2.45) is 0 Å². The largest absolute Gasteiger partial charge is 0.462 e. The molecule has 174 valence electrons. The monoisotopic (exact) mass is 456 g/mol. The highest BCUT2D eigenvalue weighted by Gasteiger charge is 2.19. The highest BCUT2D eigenvalue weighted by atomic mass is 16.5. The molecule has 34 heavy (non-hydrogen) atoms. The number of esters is 2. The quantitative estimate of drug-likeness (QED) is 0.215. The second kappa shape index (κ2) is 10.9. The van der Waals surface area contributed by atoms with Crippen LogP contribution in [-0.2, 0) is 9.47 Å². The van der Waals surface area contributed by atoms with Crippen molar-refractivity contribution in [1.82, 2.24) is 9.97 Å². The predicted molar refractivity (Wildman–Crippen MR) is 133 cm³/mol. The van der Waals surface area contributed by atoms with Gasteiger partial charge in [0, 0.05) is 10.8 Å². The summed E-state index contributed by atoms with van der Waals surface area (Å²) >= 11 is 0. The number of hydrogen-bond acceptors (Lipinski definition) is 6. The molecule has 0 saturated heterocycles. The third kappa shape index (κ3) is 5.06. The fourth-order valence-corrected chi connectivity index (χ4v) is 3.72. The van der Waals surface area contributed by atoms with Crippen molar-refractivity contribution in [3.05, 3.63) is 71.8 Å². The lowest BCUT2D eigenvalue weighted by Crippen LogP contribution is -2.09. The van der Waals surface area contributed by atoms with Crippen LogP contribution in [0.5, 0.6) is 0 Å². The van der Waals surface area contributed by atoms with Gasteiger partial charge in [-0.3, -0.25) is 0 Å². The van der Waals surface area contributed by atoms with Crippen molar-refractivity contribution in [1.29, 1.82) is 0 Å². The van der Waals surface area contributed by atoms with Crippen LogP contribution in [0.25, 0.3) is 33.2 Å². The summed E-state index contributed by atoms with van der Waals surface area (Å²) in [5.41, 5.74) is 3.16. The minimum atomic E-state index is -0.395. The fraction of sp³-hybridized carbons (Fsp3) is 0.286. The predicted octanol–water partition coefficient (Wildman–Crippen LogP) is 6.36. The summed E-state index contributed by atoms with van der Waals surface area (Å²) in [5.74, 6) is -0.790. The van der Waals surface area contributed by atoms with E-state index in [9.17, 15) is 9.59 Å². The first kappa shape index (κ1) is 23.4. The van der Waals surface area contributed by atoms with Crippen LogP contribution in [0.2, 0.25) is 0 Å². The van der Waals surface area contributed by atoms with Gasteiger partial charge in [0.25, 0.3) is 0 Å². The number of pyridine rings is 2. The topological polar surface area (TPSA) is 78.4 Å². The SMILES string of the molecule is CCCCOC(=O)c1cc(-c2cc(C(=O)OCCCC)c3ccccc3n2)nc2ccccc12. The van der Waals surface area contributed by atoms with Crippen molar-refractivity contribution in [2.45, 2.75) is 39.5 Å². The summed E-state index contributed by atoms with van der Waals surface area (Å²) in [5, 5.41) is 1.43. The molecule has 2 aromatic carbocycles. The zero-order valence-electron chi connectivity index (χ0n) is 19.5. The standard InChI is InChI=1S/C28H28N2O4/c1-3-5-15-33-27(31)21-17-25(29-23-13-9-7-11-19(21)23)26-18-22(28(32)34-16-6-4-2)20-12-8-10-14-24(20)30-26/h7-14,17-18H,3-6,15-16H2,1-2H3. The van der Waals surface area contributed by atoms with Crippen molar-refractivity contribution in [3.63, 3.8) is 0 Å². The van der Waals surface area contributed by atoms with Crippen LogP contribution < -0.4 is 0 Å². The van der Waals surface area contributed by atoms with E-state index in [4.69, 9.17) is 19.4 Å². The minimum absolute atomic E-state index is 0.364. The summed E-state index contributed by atoms with van der Waals surface area (Å²) in [7, 11) is 0. The van der Waals surface area contributed by atoms with Crippen molar-refractivity contribution >= 4 is 33.7 Å². The number of fused-ring (bicyclic) bond motifs is 2. The molecule has 4 rings (SSSR count). The van der Waals surface area contributed by atoms with Gasteiger partial charge in [-0.15, -0.1) is 0 Å². The Labute approximate surface area is 198 Å². The average Bonchev–Trinajstić information content (AvgIpc) is 2.87. The maximum atomic E-state index is 12.9. The normalized spacial score (nSPS) is 11.0. The molecule has 0 fully saturated rings. The van der Waals surface area contributed by atoms with Crippen molar-refractivity contribution in [3.8, 4) is 11.4 Å². The maximum Gasteiger partial charge on any atom is 0.338 e. The molecule has 0 radical (unpaired) electrons. The Morgan fingerprint density at radius 1 is 0.676 bits per heavy atom. The third-order valence-corrected chi connectivity index (χ3v) is 5.60. The first-order valence-corrected chi connectivity index (χ1v) is 11.8. The molecule has 0 unspecified atom stereocenters. The zero-order valence-corrected chi connectivity index (χ0v) is 19.5. The van der Waals surface area contributed by atoms with Crippen LogP contribution in [0.3, 0.4) is 0 Å². The van der Waals surface area contributed by atoms with Gasteiger partial charge in [-0.25, -0.2) is 19.6 Å². The number of benzene rings is 2. The van der Waals surface area contributed by atoms with Gasteiger partial charge in [0.05, 0.1) is 46.8 Å². The molecule has 0 aliphatic carbocycles. The van der Waals surface area contributed by atoms with E-state index < -0.39 is 11.9 Å². The molecule has 2 heterocycles. The fourth-order valence-electron chi connectivity index (χ4n) is 3.72. The average molecular weight is 457 g/mol. The van der Waals surface area contributed by atoms with E-state index >= 15 is 0 Å². The number of nitrogens with zero attached hydrogens (tertiary/aromatic N) is 2. The maximum absolute atomic E-state index is 12.9. The minimum Gasteiger partial charge on any atom is -0.462 e. The van der Waals surface area contributed by atoms with Gasteiger partial charge >= 0.3 is 11.9 Å². The Morgan fingerprint density at radius 2 is 1.09 bits per heavy atom. The van der Waals surface area contributed by atoms with E-state index in [2.05, 4.69) is 0 Å². The molecule has 6 heteroatoms. The lowest BCUT2D eigenvalue weighted by Gasteiger charge is -2.12. The first-order chi connectivity index (χ1) is 16.6. The third-order valence-electron chi connectivity index (χ3n) is 5.60. The lowest BCUT2D eigenvalue weighted by atomic mass is 10.0. The Bertz CT molecular complexity index is 1230. The number of unbranched alkanes of at least 4 members (excludes halogenated alkanes) is 2. The van der Waals surface area contributed by atoms with E-state index in [0.29, 0.717) is 57.5 Å². The molecule has 2 aromatic heterocycles. The van der Waals surface area contributed by atoms with Crippen molar-refractivity contribution < 1.29 is 19.1 Å². The van der Waals surface area contributed by atoms with Gasteiger partial charge in [-0.2, -0.15) is 0 Å². The van der Waals surface area contributed by atoms with Crippen molar-refractivity contribution in [2.75, 3.05) is 13.2 Å². The van der Waals surface area contributed by atoms with Crippen LogP contribution in [0, 0.1) is 0 Å². The van der Waals surface area contributed by atoms with Crippen LogP contribution in [0.15, 0.2) is 60.7 Å². The first-order valence-electron chi connectivity index (χ1n) is 11.8. The number of para-hydroxylation sites is 2. The molecule has 0 bridgehead atoms. The van der Waals surface area contributed by atoms with Crippen LogP contribution in [-0.4, -0.2) is 35.1 Å². The molecule has 0 spiro atoms. The molecule has 0 N–H and O–H groups in total. The van der Waals surface area contributed by atoms with Crippen LogP contribution >= 0.6 is 0 Å². The molecule has 4 aromatic rings. The Kier molecular flexibility index (Phi) is 7.48. The Hall–Kier alpha value is -3.80. The second-order valence-electron chi connectivity index (χ2n) is 8.12. The summed E-state index contributed by atoms with van der Waals surface area (Å²) < 4.78 is 11.0. The molecule has 0 atom stereocenters. The van der Waals surface area contributed by atoms with Gasteiger partial charge < -0.3 is 9.47 Å². The smallest absolute Gasteiger partial charge is 0.338 e. The van der Waals surface area contributed by atoms with Gasteiger partial charge in [-0.1, -0.05) is 63.1 Å². The number of carbonyl (C=O) groups excluding carboxylic acids is 2. The van der Waals surface area contributed by atoms with Gasteiger partial charge in [0.15, 0.2) is 0 Å². The van der Waals surface area contributed by atoms with E-state index in [1.807, 2.05) is 62.4 Å². The molecular weight excluding hydrogens is 428 g/mol. The highest BCUT2D eigenvalue weighted by molar-refractivity contribution is 6.06. The number of carbonyl (C=O) groups is 2. The molecule has 0 amide bonds. The van der Waals surface area contributed by atoms with Gasteiger partial charge in [0.2, 0.25) is 0 Å². The summed E-state index contributed by atoms with van der Waals surface area (Å²) in [4.78, 5) is 35.3. The summed E-state index contributed by atoms with van der Waals surface area (Å²) in [6.07, 6.45) is 3.48. The molecule has 0 saturated carbocycles.